The average molecular weight is 327 g/mol. The first-order chi connectivity index (χ1) is 9.08. The topological polar surface area (TPSA) is 15.7 Å². The summed E-state index contributed by atoms with van der Waals surface area (Å²) in [7, 11) is 6.13. The van der Waals surface area contributed by atoms with Crippen molar-refractivity contribution in [2.45, 2.75) is 13.0 Å². The zero-order chi connectivity index (χ0) is 13.8. The van der Waals surface area contributed by atoms with Crippen LogP contribution in [0.5, 0.6) is 5.75 Å². The van der Waals surface area contributed by atoms with Crippen LogP contribution in [0.4, 0.5) is 0 Å². The standard InChI is InChI=1S/C15H23BrN2O/c1-17-7-6-12(9-17)10-18(2)11-13-8-14(16)4-5-15(13)19-3/h4-5,8,12H,6-7,9-11H2,1-3H3. The molecule has 0 saturated carbocycles. The van der Waals surface area contributed by atoms with Gasteiger partial charge in [0.05, 0.1) is 7.11 Å². The molecule has 1 aromatic carbocycles. The van der Waals surface area contributed by atoms with Gasteiger partial charge >= 0.3 is 0 Å². The molecule has 1 unspecified atom stereocenters. The third-order valence-electron chi connectivity index (χ3n) is 3.74. The highest BCUT2D eigenvalue weighted by molar-refractivity contribution is 9.10. The number of hydrogen-bond donors (Lipinski definition) is 0. The molecule has 1 aliphatic heterocycles. The number of nitrogens with zero attached hydrogens (tertiary/aromatic N) is 2. The molecule has 0 N–H and O–H groups in total. The van der Waals surface area contributed by atoms with Crippen molar-refractivity contribution in [1.82, 2.24) is 9.80 Å². The Morgan fingerprint density at radius 2 is 2.26 bits per heavy atom. The van der Waals surface area contributed by atoms with Crippen LogP contribution in [-0.4, -0.2) is 50.6 Å². The highest BCUT2D eigenvalue weighted by atomic mass is 79.9. The van der Waals surface area contributed by atoms with E-state index in [0.717, 1.165) is 29.2 Å². The lowest BCUT2D eigenvalue weighted by molar-refractivity contribution is 0.263. The second-order valence-corrected chi connectivity index (χ2v) is 6.49. The van der Waals surface area contributed by atoms with Crippen LogP contribution in [-0.2, 0) is 6.54 Å². The number of halogens is 1. The van der Waals surface area contributed by atoms with E-state index in [1.54, 1.807) is 7.11 Å². The summed E-state index contributed by atoms with van der Waals surface area (Å²) in [6, 6.07) is 6.20. The van der Waals surface area contributed by atoms with E-state index >= 15 is 0 Å². The van der Waals surface area contributed by atoms with E-state index in [4.69, 9.17) is 4.74 Å². The molecular formula is C15H23BrN2O. The van der Waals surface area contributed by atoms with Gasteiger partial charge in [0.2, 0.25) is 0 Å². The van der Waals surface area contributed by atoms with Crippen LogP contribution in [0.25, 0.3) is 0 Å². The first-order valence-corrected chi connectivity index (χ1v) is 7.57. The van der Waals surface area contributed by atoms with Crippen LogP contribution in [0.1, 0.15) is 12.0 Å². The molecule has 4 heteroatoms. The number of likely N-dealkylation sites (tertiary alicyclic amines) is 1. The summed E-state index contributed by atoms with van der Waals surface area (Å²) in [5, 5.41) is 0. The predicted octanol–water partition coefficient (Wildman–Crippen LogP) is 2.84. The Balaban J connectivity index is 1.94. The fourth-order valence-electron chi connectivity index (χ4n) is 2.84. The number of hydrogen-bond acceptors (Lipinski definition) is 3. The Morgan fingerprint density at radius 3 is 2.89 bits per heavy atom. The van der Waals surface area contributed by atoms with E-state index in [-0.39, 0.29) is 0 Å². The summed E-state index contributed by atoms with van der Waals surface area (Å²) in [6.45, 7) is 4.54. The van der Waals surface area contributed by atoms with Gasteiger partial charge in [-0.1, -0.05) is 15.9 Å². The SMILES string of the molecule is COc1ccc(Br)cc1CN(C)CC1CCN(C)C1. The maximum atomic E-state index is 5.43. The highest BCUT2D eigenvalue weighted by Crippen LogP contribution is 2.25. The monoisotopic (exact) mass is 326 g/mol. The van der Waals surface area contributed by atoms with Gasteiger partial charge in [-0.25, -0.2) is 0 Å². The molecule has 19 heavy (non-hydrogen) atoms. The molecule has 2 rings (SSSR count). The Bertz CT molecular complexity index is 425. The lowest BCUT2D eigenvalue weighted by atomic mass is 10.1. The number of methoxy groups -OCH3 is 1. The molecule has 1 heterocycles. The van der Waals surface area contributed by atoms with E-state index < -0.39 is 0 Å². The van der Waals surface area contributed by atoms with Crippen molar-refractivity contribution < 1.29 is 4.74 Å². The molecular weight excluding hydrogens is 304 g/mol. The maximum absolute atomic E-state index is 5.43. The molecule has 3 nitrogen and oxygen atoms in total. The lowest BCUT2D eigenvalue weighted by Crippen LogP contribution is -2.27. The van der Waals surface area contributed by atoms with Crippen molar-refractivity contribution in [3.8, 4) is 5.75 Å². The lowest BCUT2D eigenvalue weighted by Gasteiger charge is -2.22. The van der Waals surface area contributed by atoms with E-state index in [9.17, 15) is 0 Å². The molecule has 0 aromatic heterocycles. The third-order valence-corrected chi connectivity index (χ3v) is 4.23. The van der Waals surface area contributed by atoms with Gasteiger partial charge in [0.1, 0.15) is 5.75 Å². The molecule has 0 spiro atoms. The van der Waals surface area contributed by atoms with Crippen molar-refractivity contribution in [3.05, 3.63) is 28.2 Å². The van der Waals surface area contributed by atoms with Crippen LogP contribution in [0, 0.1) is 5.92 Å². The summed E-state index contributed by atoms with van der Waals surface area (Å²) in [4.78, 5) is 4.81. The molecule has 1 aliphatic rings. The van der Waals surface area contributed by atoms with E-state index in [0.29, 0.717) is 0 Å². The van der Waals surface area contributed by atoms with E-state index in [1.165, 1.54) is 25.1 Å². The van der Waals surface area contributed by atoms with Crippen LogP contribution < -0.4 is 4.74 Å². The fourth-order valence-corrected chi connectivity index (χ4v) is 3.25. The van der Waals surface area contributed by atoms with Gasteiger partial charge in [0, 0.05) is 29.7 Å². The summed E-state index contributed by atoms with van der Waals surface area (Å²) in [5.41, 5.74) is 1.24. The van der Waals surface area contributed by atoms with Gasteiger partial charge in [-0.05, 0) is 51.2 Å². The smallest absolute Gasteiger partial charge is 0.123 e. The summed E-state index contributed by atoms with van der Waals surface area (Å²) >= 11 is 3.53. The van der Waals surface area contributed by atoms with Gasteiger partial charge in [-0.3, -0.25) is 0 Å². The van der Waals surface area contributed by atoms with Crippen LogP contribution in [0.2, 0.25) is 0 Å². The molecule has 1 aromatic rings. The Morgan fingerprint density at radius 1 is 1.47 bits per heavy atom. The van der Waals surface area contributed by atoms with Crippen LogP contribution in [0.3, 0.4) is 0 Å². The summed E-state index contributed by atoms with van der Waals surface area (Å²) in [5.74, 6) is 1.77. The zero-order valence-corrected chi connectivity index (χ0v) is 13.6. The van der Waals surface area contributed by atoms with E-state index in [2.05, 4.69) is 45.9 Å². The molecule has 106 valence electrons. The number of benzene rings is 1. The van der Waals surface area contributed by atoms with Gasteiger partial charge in [0.15, 0.2) is 0 Å². The predicted molar refractivity (Wildman–Crippen MR) is 82.6 cm³/mol. The molecule has 0 bridgehead atoms. The van der Waals surface area contributed by atoms with Crippen molar-refractivity contribution >= 4 is 15.9 Å². The summed E-state index contributed by atoms with van der Waals surface area (Å²) in [6.07, 6.45) is 1.32. The minimum atomic E-state index is 0.799. The molecule has 1 fully saturated rings. The fraction of sp³-hybridized carbons (Fsp3) is 0.600. The van der Waals surface area contributed by atoms with Gasteiger partial charge in [-0.15, -0.1) is 0 Å². The number of ether oxygens (including phenoxy) is 1. The second-order valence-electron chi connectivity index (χ2n) is 5.57. The van der Waals surface area contributed by atoms with Crippen molar-refractivity contribution in [1.29, 1.82) is 0 Å². The summed E-state index contributed by atoms with van der Waals surface area (Å²) < 4.78 is 6.54. The zero-order valence-electron chi connectivity index (χ0n) is 12.0. The Kier molecular flexibility index (Phi) is 5.25. The van der Waals surface area contributed by atoms with Crippen LogP contribution >= 0.6 is 15.9 Å². The number of rotatable bonds is 5. The first kappa shape index (κ1) is 14.8. The maximum Gasteiger partial charge on any atom is 0.123 e. The third kappa shape index (κ3) is 4.20. The van der Waals surface area contributed by atoms with Crippen LogP contribution in [0.15, 0.2) is 22.7 Å². The Labute approximate surface area is 124 Å². The normalized spacial score (nSPS) is 20.2. The van der Waals surface area contributed by atoms with E-state index in [1.807, 2.05) is 12.1 Å². The van der Waals surface area contributed by atoms with Crippen molar-refractivity contribution in [2.75, 3.05) is 40.8 Å². The minimum Gasteiger partial charge on any atom is -0.496 e. The first-order valence-electron chi connectivity index (χ1n) is 6.78. The van der Waals surface area contributed by atoms with Gasteiger partial charge < -0.3 is 14.5 Å². The molecule has 0 radical (unpaired) electrons. The Hall–Kier alpha value is -0.580. The molecule has 1 saturated heterocycles. The molecule has 1 atom stereocenters. The highest BCUT2D eigenvalue weighted by Gasteiger charge is 2.21. The average Bonchev–Trinajstić information content (AvgIpc) is 2.75. The second kappa shape index (κ2) is 6.73. The van der Waals surface area contributed by atoms with Gasteiger partial charge in [0.25, 0.3) is 0 Å². The molecule has 0 aliphatic carbocycles. The quantitative estimate of drug-likeness (QED) is 0.827. The van der Waals surface area contributed by atoms with Crippen molar-refractivity contribution in [3.63, 3.8) is 0 Å². The largest absolute Gasteiger partial charge is 0.496 e. The van der Waals surface area contributed by atoms with Crippen molar-refractivity contribution in [2.24, 2.45) is 5.92 Å². The van der Waals surface area contributed by atoms with Gasteiger partial charge in [-0.2, -0.15) is 0 Å². The minimum absolute atomic E-state index is 0.799. The molecule has 0 amide bonds.